The van der Waals surface area contributed by atoms with E-state index in [1.54, 1.807) is 0 Å². The Morgan fingerprint density at radius 2 is 2.10 bits per heavy atom. The van der Waals surface area contributed by atoms with E-state index in [2.05, 4.69) is 0 Å². The Bertz CT molecular complexity index is 112. The van der Waals surface area contributed by atoms with E-state index in [1.165, 1.54) is 6.42 Å². The lowest BCUT2D eigenvalue weighted by atomic mass is 9.85. The van der Waals surface area contributed by atoms with Crippen molar-refractivity contribution in [3.05, 3.63) is 0 Å². The highest BCUT2D eigenvalue weighted by molar-refractivity contribution is 5.49. The molecular weight excluding hydrogens is 128 g/mol. The molecule has 1 aliphatic rings. The minimum absolute atomic E-state index is 0.209. The summed E-state index contributed by atoms with van der Waals surface area (Å²) in [5.74, 6) is 0.256. The van der Waals surface area contributed by atoms with Gasteiger partial charge in [-0.1, -0.05) is 12.8 Å². The number of aliphatic hydroxyl groups excluding tert-OH is 1. The van der Waals surface area contributed by atoms with Crippen molar-refractivity contribution in [2.24, 2.45) is 5.92 Å². The summed E-state index contributed by atoms with van der Waals surface area (Å²) in [4.78, 5) is 10.1. The first-order valence-electron chi connectivity index (χ1n) is 3.96. The van der Waals surface area contributed by atoms with E-state index >= 15 is 0 Å². The summed E-state index contributed by atoms with van der Waals surface area (Å²) in [5, 5.41) is 9.34. The lowest BCUT2D eigenvalue weighted by molar-refractivity contribution is -0.109. The molecule has 2 unspecified atom stereocenters. The molecule has 1 saturated carbocycles. The van der Waals surface area contributed by atoms with Crippen LogP contribution in [-0.2, 0) is 4.79 Å². The molecule has 0 spiro atoms. The molecule has 58 valence electrons. The molecule has 10 heavy (non-hydrogen) atoms. The fourth-order valence-electron chi connectivity index (χ4n) is 1.59. The Labute approximate surface area is 61.2 Å². The summed E-state index contributed by atoms with van der Waals surface area (Å²) in [7, 11) is 0. The molecule has 0 bridgehead atoms. The van der Waals surface area contributed by atoms with Gasteiger partial charge in [0.05, 0.1) is 6.10 Å². The monoisotopic (exact) mass is 142 g/mol. The molecule has 2 atom stereocenters. The predicted octanol–water partition coefficient (Wildman–Crippen LogP) is 1.13. The lowest BCUT2D eigenvalue weighted by Gasteiger charge is -2.25. The second-order valence-corrected chi connectivity index (χ2v) is 3.01. The third-order valence-corrected chi connectivity index (χ3v) is 2.27. The smallest absolute Gasteiger partial charge is 0.120 e. The fourth-order valence-corrected chi connectivity index (χ4v) is 1.59. The van der Waals surface area contributed by atoms with Crippen molar-refractivity contribution in [2.75, 3.05) is 0 Å². The number of carbonyl (C=O) groups is 1. The van der Waals surface area contributed by atoms with Gasteiger partial charge in [0.25, 0.3) is 0 Å². The largest absolute Gasteiger partial charge is 0.393 e. The Kier molecular flexibility index (Phi) is 2.87. The van der Waals surface area contributed by atoms with Crippen LogP contribution in [0, 0.1) is 5.92 Å². The zero-order valence-electron chi connectivity index (χ0n) is 6.12. The maximum absolute atomic E-state index is 10.1. The Morgan fingerprint density at radius 1 is 1.40 bits per heavy atom. The van der Waals surface area contributed by atoms with Gasteiger partial charge in [0.1, 0.15) is 6.29 Å². The van der Waals surface area contributed by atoms with Gasteiger partial charge in [0, 0.05) is 6.42 Å². The molecule has 0 aliphatic heterocycles. The molecule has 1 aliphatic carbocycles. The molecule has 2 heteroatoms. The molecule has 1 fully saturated rings. The van der Waals surface area contributed by atoms with Gasteiger partial charge in [-0.15, -0.1) is 0 Å². The molecule has 1 rings (SSSR count). The van der Waals surface area contributed by atoms with Crippen LogP contribution in [0.15, 0.2) is 0 Å². The standard InChI is InChI=1S/C8H14O2/c9-6-5-7-3-1-2-4-8(7)10/h6-8,10H,1-5H2. The molecular formula is C8H14O2. The van der Waals surface area contributed by atoms with Gasteiger partial charge in [-0.05, 0) is 18.8 Å². The minimum Gasteiger partial charge on any atom is -0.393 e. The van der Waals surface area contributed by atoms with Crippen LogP contribution in [0.4, 0.5) is 0 Å². The van der Waals surface area contributed by atoms with Crippen LogP contribution in [0.1, 0.15) is 32.1 Å². The van der Waals surface area contributed by atoms with Gasteiger partial charge in [-0.3, -0.25) is 0 Å². The third-order valence-electron chi connectivity index (χ3n) is 2.27. The topological polar surface area (TPSA) is 37.3 Å². The first-order valence-corrected chi connectivity index (χ1v) is 3.96. The van der Waals surface area contributed by atoms with E-state index in [4.69, 9.17) is 0 Å². The van der Waals surface area contributed by atoms with Gasteiger partial charge < -0.3 is 9.90 Å². The van der Waals surface area contributed by atoms with Crippen molar-refractivity contribution < 1.29 is 9.90 Å². The van der Waals surface area contributed by atoms with Crippen LogP contribution in [0.3, 0.4) is 0 Å². The van der Waals surface area contributed by atoms with Crippen LogP contribution >= 0.6 is 0 Å². The molecule has 0 heterocycles. The Morgan fingerprint density at radius 3 is 2.70 bits per heavy atom. The highest BCUT2D eigenvalue weighted by atomic mass is 16.3. The molecule has 0 aromatic heterocycles. The SMILES string of the molecule is O=CCC1CCCCC1O. The minimum atomic E-state index is -0.209. The number of carbonyl (C=O) groups excluding carboxylic acids is 1. The molecule has 2 nitrogen and oxygen atoms in total. The second kappa shape index (κ2) is 3.71. The normalized spacial score (nSPS) is 33.7. The Hall–Kier alpha value is -0.370. The second-order valence-electron chi connectivity index (χ2n) is 3.01. The van der Waals surface area contributed by atoms with E-state index in [1.807, 2.05) is 0 Å². The van der Waals surface area contributed by atoms with Crippen molar-refractivity contribution in [2.45, 2.75) is 38.2 Å². The maximum atomic E-state index is 10.1. The number of aliphatic hydroxyl groups is 1. The van der Waals surface area contributed by atoms with Crippen LogP contribution in [0.2, 0.25) is 0 Å². The van der Waals surface area contributed by atoms with E-state index in [9.17, 15) is 9.90 Å². The van der Waals surface area contributed by atoms with Crippen molar-refractivity contribution >= 4 is 6.29 Å². The first-order chi connectivity index (χ1) is 4.84. The molecule has 0 aromatic rings. The van der Waals surface area contributed by atoms with Gasteiger partial charge in [0.15, 0.2) is 0 Å². The van der Waals surface area contributed by atoms with Crippen LogP contribution < -0.4 is 0 Å². The zero-order valence-corrected chi connectivity index (χ0v) is 6.12. The van der Waals surface area contributed by atoms with Gasteiger partial charge in [0.2, 0.25) is 0 Å². The molecule has 0 radical (unpaired) electrons. The first kappa shape index (κ1) is 7.73. The average molecular weight is 142 g/mol. The van der Waals surface area contributed by atoms with Crippen molar-refractivity contribution in [3.8, 4) is 0 Å². The quantitative estimate of drug-likeness (QED) is 0.587. The summed E-state index contributed by atoms with van der Waals surface area (Å²) >= 11 is 0. The highest BCUT2D eigenvalue weighted by Gasteiger charge is 2.21. The average Bonchev–Trinajstić information content (AvgIpc) is 1.94. The Balaban J connectivity index is 2.32. The summed E-state index contributed by atoms with van der Waals surface area (Å²) < 4.78 is 0. The third kappa shape index (κ3) is 1.81. The van der Waals surface area contributed by atoms with Gasteiger partial charge >= 0.3 is 0 Å². The summed E-state index contributed by atoms with van der Waals surface area (Å²) in [6.45, 7) is 0. The molecule has 0 aromatic carbocycles. The van der Waals surface area contributed by atoms with Crippen molar-refractivity contribution in [1.29, 1.82) is 0 Å². The van der Waals surface area contributed by atoms with Gasteiger partial charge in [-0.25, -0.2) is 0 Å². The van der Waals surface area contributed by atoms with Crippen LogP contribution in [0.25, 0.3) is 0 Å². The summed E-state index contributed by atoms with van der Waals surface area (Å²) in [6, 6.07) is 0. The van der Waals surface area contributed by atoms with Crippen molar-refractivity contribution in [1.82, 2.24) is 0 Å². The van der Waals surface area contributed by atoms with E-state index in [0.29, 0.717) is 6.42 Å². The van der Waals surface area contributed by atoms with E-state index in [0.717, 1.165) is 25.5 Å². The fraction of sp³-hybridized carbons (Fsp3) is 0.875. The zero-order chi connectivity index (χ0) is 7.40. The van der Waals surface area contributed by atoms with Crippen LogP contribution in [-0.4, -0.2) is 17.5 Å². The summed E-state index contributed by atoms with van der Waals surface area (Å²) in [6.07, 6.45) is 5.46. The molecule has 0 saturated heterocycles. The van der Waals surface area contributed by atoms with Crippen molar-refractivity contribution in [3.63, 3.8) is 0 Å². The van der Waals surface area contributed by atoms with E-state index < -0.39 is 0 Å². The number of hydrogen-bond acceptors (Lipinski definition) is 2. The number of aldehydes is 1. The maximum Gasteiger partial charge on any atom is 0.120 e. The molecule has 1 N–H and O–H groups in total. The highest BCUT2D eigenvalue weighted by Crippen LogP contribution is 2.25. The lowest BCUT2D eigenvalue weighted by Crippen LogP contribution is -2.24. The molecule has 0 amide bonds. The number of hydrogen-bond donors (Lipinski definition) is 1. The van der Waals surface area contributed by atoms with E-state index in [-0.39, 0.29) is 12.0 Å². The van der Waals surface area contributed by atoms with Crippen LogP contribution in [0.5, 0.6) is 0 Å². The predicted molar refractivity (Wildman–Crippen MR) is 38.6 cm³/mol. The summed E-state index contributed by atoms with van der Waals surface area (Å²) in [5.41, 5.74) is 0. The van der Waals surface area contributed by atoms with Gasteiger partial charge in [-0.2, -0.15) is 0 Å². The number of rotatable bonds is 2.